The topological polar surface area (TPSA) is 89.8 Å². The number of hydrogen-bond donors (Lipinski definition) is 0. The number of amides is 2. The van der Waals surface area contributed by atoms with Crippen molar-refractivity contribution in [2.24, 2.45) is 0 Å². The summed E-state index contributed by atoms with van der Waals surface area (Å²) >= 11 is 0. The van der Waals surface area contributed by atoms with E-state index in [4.69, 9.17) is 9.47 Å². The SMILES string of the molecule is CN1CCN(C(=O)CCn2ccc(C(F)(F)F)n2)CCOc2ccccc2Oc2ncccc2C1=O. The molecule has 36 heavy (non-hydrogen) atoms. The Morgan fingerprint density at radius 3 is 2.58 bits per heavy atom. The molecule has 0 saturated carbocycles. The van der Waals surface area contributed by atoms with Gasteiger partial charge in [0.15, 0.2) is 17.2 Å². The smallest absolute Gasteiger partial charge is 0.435 e. The number of aromatic nitrogens is 3. The fraction of sp³-hybridized carbons (Fsp3) is 0.333. The molecule has 0 radical (unpaired) electrons. The summed E-state index contributed by atoms with van der Waals surface area (Å²) in [6.45, 7) is 0.740. The molecule has 190 valence electrons. The largest absolute Gasteiger partial charge is 0.488 e. The summed E-state index contributed by atoms with van der Waals surface area (Å²) in [4.78, 5) is 33.2. The molecule has 0 bridgehead atoms. The summed E-state index contributed by atoms with van der Waals surface area (Å²) in [5.74, 6) is 0.279. The average Bonchev–Trinajstić information content (AvgIpc) is 3.35. The number of para-hydroxylation sites is 2. The van der Waals surface area contributed by atoms with E-state index in [-0.39, 0.29) is 62.5 Å². The van der Waals surface area contributed by atoms with Crippen molar-refractivity contribution in [1.82, 2.24) is 24.6 Å². The van der Waals surface area contributed by atoms with Crippen molar-refractivity contribution in [3.63, 3.8) is 0 Å². The summed E-state index contributed by atoms with van der Waals surface area (Å²) in [5.41, 5.74) is -0.757. The van der Waals surface area contributed by atoms with Gasteiger partial charge in [0.1, 0.15) is 12.2 Å². The van der Waals surface area contributed by atoms with Gasteiger partial charge < -0.3 is 19.3 Å². The molecule has 1 aliphatic rings. The summed E-state index contributed by atoms with van der Waals surface area (Å²) < 4.78 is 51.2. The lowest BCUT2D eigenvalue weighted by Gasteiger charge is -2.26. The van der Waals surface area contributed by atoms with Gasteiger partial charge in [0.25, 0.3) is 5.91 Å². The second kappa shape index (κ2) is 10.7. The number of carbonyl (C=O) groups excluding carboxylic acids is 2. The van der Waals surface area contributed by atoms with Crippen LogP contribution in [0.1, 0.15) is 22.5 Å². The maximum Gasteiger partial charge on any atom is 0.435 e. The third kappa shape index (κ3) is 5.93. The van der Waals surface area contributed by atoms with Crippen molar-refractivity contribution in [2.45, 2.75) is 19.1 Å². The maximum absolute atomic E-state index is 13.1. The number of fused-ring (bicyclic) bond motifs is 2. The Bertz CT molecular complexity index is 1230. The van der Waals surface area contributed by atoms with Crippen LogP contribution < -0.4 is 9.47 Å². The van der Waals surface area contributed by atoms with Gasteiger partial charge in [-0.3, -0.25) is 14.3 Å². The van der Waals surface area contributed by atoms with E-state index in [1.54, 1.807) is 43.4 Å². The Hall–Kier alpha value is -4.09. The number of pyridine rings is 1. The Morgan fingerprint density at radius 1 is 1.06 bits per heavy atom. The maximum atomic E-state index is 13.1. The van der Waals surface area contributed by atoms with Gasteiger partial charge in [0, 0.05) is 45.5 Å². The van der Waals surface area contributed by atoms with Crippen LogP contribution in [0.2, 0.25) is 0 Å². The lowest BCUT2D eigenvalue weighted by Crippen LogP contribution is -2.41. The molecule has 2 amide bonds. The number of carbonyl (C=O) groups is 2. The molecule has 1 aliphatic heterocycles. The molecule has 0 unspecified atom stereocenters. The second-order valence-electron chi connectivity index (χ2n) is 8.07. The number of ether oxygens (including phenoxy) is 2. The quantitative estimate of drug-likeness (QED) is 0.544. The average molecular weight is 503 g/mol. The van der Waals surface area contributed by atoms with Crippen molar-refractivity contribution in [3.05, 3.63) is 66.1 Å². The zero-order valence-electron chi connectivity index (χ0n) is 19.4. The summed E-state index contributed by atoms with van der Waals surface area (Å²) in [6, 6.07) is 11.0. The molecule has 9 nitrogen and oxygen atoms in total. The third-order valence-electron chi connectivity index (χ3n) is 5.57. The molecule has 0 atom stereocenters. The highest BCUT2D eigenvalue weighted by Crippen LogP contribution is 2.32. The molecule has 4 rings (SSSR count). The minimum atomic E-state index is -4.55. The predicted molar refractivity (Wildman–Crippen MR) is 122 cm³/mol. The van der Waals surface area contributed by atoms with Crippen molar-refractivity contribution < 1.29 is 32.2 Å². The molecule has 1 aromatic carbocycles. The monoisotopic (exact) mass is 503 g/mol. The first-order chi connectivity index (χ1) is 17.2. The van der Waals surface area contributed by atoms with Crippen molar-refractivity contribution in [1.29, 1.82) is 0 Å². The lowest BCUT2D eigenvalue weighted by molar-refractivity contribution is -0.141. The molecule has 3 aromatic rings. The van der Waals surface area contributed by atoms with Crippen LogP contribution in [0.5, 0.6) is 17.4 Å². The fourth-order valence-corrected chi connectivity index (χ4v) is 3.60. The number of rotatable bonds is 3. The summed E-state index contributed by atoms with van der Waals surface area (Å²) in [7, 11) is 1.61. The Balaban J connectivity index is 1.51. The number of halogens is 3. The van der Waals surface area contributed by atoms with Crippen LogP contribution in [0, 0.1) is 0 Å². The Morgan fingerprint density at radius 2 is 1.83 bits per heavy atom. The van der Waals surface area contributed by atoms with Gasteiger partial charge in [0.05, 0.1) is 6.54 Å². The number of likely N-dealkylation sites (N-methyl/N-ethyl adjacent to an activating group) is 1. The van der Waals surface area contributed by atoms with E-state index in [0.29, 0.717) is 11.5 Å². The first-order valence-corrected chi connectivity index (χ1v) is 11.2. The van der Waals surface area contributed by atoms with Gasteiger partial charge in [-0.25, -0.2) is 4.98 Å². The molecule has 2 aromatic heterocycles. The highest BCUT2D eigenvalue weighted by Gasteiger charge is 2.33. The van der Waals surface area contributed by atoms with Crippen LogP contribution in [-0.2, 0) is 17.5 Å². The minimum absolute atomic E-state index is 0.0171. The van der Waals surface area contributed by atoms with E-state index >= 15 is 0 Å². The van der Waals surface area contributed by atoms with Crippen molar-refractivity contribution in [2.75, 3.05) is 33.3 Å². The molecular formula is C24H24F3N5O4. The Labute approximate surface area is 205 Å². The lowest BCUT2D eigenvalue weighted by atomic mass is 10.2. The van der Waals surface area contributed by atoms with E-state index < -0.39 is 11.9 Å². The van der Waals surface area contributed by atoms with E-state index in [9.17, 15) is 22.8 Å². The molecule has 0 N–H and O–H groups in total. The molecule has 0 spiro atoms. The molecule has 0 aliphatic carbocycles. The third-order valence-corrected chi connectivity index (χ3v) is 5.57. The van der Waals surface area contributed by atoms with E-state index in [1.807, 2.05) is 0 Å². The highest BCUT2D eigenvalue weighted by atomic mass is 19.4. The van der Waals surface area contributed by atoms with E-state index in [2.05, 4.69) is 10.1 Å². The number of benzene rings is 1. The van der Waals surface area contributed by atoms with Gasteiger partial charge in [-0.15, -0.1) is 0 Å². The van der Waals surface area contributed by atoms with Gasteiger partial charge in [-0.1, -0.05) is 12.1 Å². The second-order valence-corrected chi connectivity index (χ2v) is 8.07. The van der Waals surface area contributed by atoms with Crippen LogP contribution in [0.15, 0.2) is 54.9 Å². The van der Waals surface area contributed by atoms with Gasteiger partial charge in [0.2, 0.25) is 11.8 Å². The van der Waals surface area contributed by atoms with Gasteiger partial charge in [-0.05, 0) is 30.3 Å². The normalized spacial score (nSPS) is 14.9. The van der Waals surface area contributed by atoms with E-state index in [0.717, 1.165) is 10.7 Å². The molecule has 0 fully saturated rings. The molecule has 0 saturated heterocycles. The first-order valence-electron chi connectivity index (χ1n) is 11.2. The fourth-order valence-electron chi connectivity index (χ4n) is 3.60. The number of alkyl halides is 3. The summed E-state index contributed by atoms with van der Waals surface area (Å²) in [6.07, 6.45) is -1.91. The van der Waals surface area contributed by atoms with Gasteiger partial charge in [-0.2, -0.15) is 18.3 Å². The van der Waals surface area contributed by atoms with Crippen LogP contribution >= 0.6 is 0 Å². The molecule has 3 heterocycles. The Kier molecular flexibility index (Phi) is 7.41. The summed E-state index contributed by atoms with van der Waals surface area (Å²) in [5, 5.41) is 3.48. The van der Waals surface area contributed by atoms with E-state index in [1.165, 1.54) is 22.2 Å². The van der Waals surface area contributed by atoms with Crippen LogP contribution in [-0.4, -0.2) is 69.7 Å². The van der Waals surface area contributed by atoms with Crippen LogP contribution in [0.3, 0.4) is 0 Å². The van der Waals surface area contributed by atoms with Gasteiger partial charge >= 0.3 is 6.18 Å². The zero-order chi connectivity index (χ0) is 25.7. The molecular weight excluding hydrogens is 479 g/mol. The first kappa shape index (κ1) is 25.0. The van der Waals surface area contributed by atoms with Crippen molar-refractivity contribution >= 4 is 11.8 Å². The zero-order valence-corrected chi connectivity index (χ0v) is 19.4. The predicted octanol–water partition coefficient (Wildman–Crippen LogP) is 3.47. The van der Waals surface area contributed by atoms with Crippen LogP contribution in [0.25, 0.3) is 0 Å². The number of nitrogens with zero attached hydrogens (tertiary/aromatic N) is 5. The van der Waals surface area contributed by atoms with Crippen molar-refractivity contribution in [3.8, 4) is 17.4 Å². The standard InChI is InChI=1S/C24H24F3N5O4/c1-30-13-14-31(21(33)9-12-32-11-8-20(29-32)24(25,26)27)15-16-35-18-6-2-3-7-19(18)36-22-17(23(30)34)5-4-10-28-22/h2-8,10-11H,9,12-16H2,1H3. The highest BCUT2D eigenvalue weighted by molar-refractivity contribution is 5.96. The molecule has 12 heteroatoms. The number of hydrogen-bond acceptors (Lipinski definition) is 6. The number of aryl methyl sites for hydroxylation is 1. The minimum Gasteiger partial charge on any atom is -0.488 e. The van der Waals surface area contributed by atoms with Crippen LogP contribution in [0.4, 0.5) is 13.2 Å².